The highest BCUT2D eigenvalue weighted by Gasteiger charge is 2.29. The topological polar surface area (TPSA) is 61.4 Å². The van der Waals surface area contributed by atoms with E-state index < -0.39 is 0 Å². The predicted octanol–water partition coefficient (Wildman–Crippen LogP) is 4.58. The van der Waals surface area contributed by atoms with Gasteiger partial charge in [0, 0.05) is 24.7 Å². The molecular weight excluding hydrogens is 369 g/mol. The minimum absolute atomic E-state index is 0.00357. The number of halogens is 1. The van der Waals surface area contributed by atoms with Gasteiger partial charge < -0.3 is 15.5 Å². The molecule has 0 saturated carbocycles. The van der Waals surface area contributed by atoms with E-state index in [-0.39, 0.29) is 35.6 Å². The van der Waals surface area contributed by atoms with Crippen molar-refractivity contribution in [1.82, 2.24) is 10.2 Å². The molecular formula is C23H28FN3O2. The van der Waals surface area contributed by atoms with E-state index in [4.69, 9.17) is 0 Å². The van der Waals surface area contributed by atoms with Gasteiger partial charge >= 0.3 is 6.03 Å². The van der Waals surface area contributed by atoms with Gasteiger partial charge in [-0.2, -0.15) is 0 Å². The number of nitrogens with zero attached hydrogens (tertiary/aromatic N) is 1. The van der Waals surface area contributed by atoms with E-state index in [2.05, 4.69) is 10.6 Å². The van der Waals surface area contributed by atoms with E-state index in [1.807, 2.05) is 44.2 Å². The van der Waals surface area contributed by atoms with Crippen LogP contribution in [0.4, 0.5) is 14.9 Å². The zero-order chi connectivity index (χ0) is 20.8. The first-order valence-corrected chi connectivity index (χ1v) is 10.1. The molecule has 2 aromatic carbocycles. The summed E-state index contributed by atoms with van der Waals surface area (Å²) in [5.74, 6) is -0.237. The first kappa shape index (κ1) is 20.8. The maximum atomic E-state index is 13.2. The second-order valence-electron chi connectivity index (χ2n) is 7.84. The third-order valence-corrected chi connectivity index (χ3v) is 5.37. The second kappa shape index (κ2) is 9.54. The second-order valence-corrected chi connectivity index (χ2v) is 7.84. The number of hydrogen-bond donors (Lipinski definition) is 2. The van der Waals surface area contributed by atoms with Gasteiger partial charge in [-0.05, 0) is 48.6 Å². The molecule has 1 heterocycles. The van der Waals surface area contributed by atoms with Crippen molar-refractivity contribution in [2.45, 2.75) is 32.7 Å². The summed E-state index contributed by atoms with van der Waals surface area (Å²) in [4.78, 5) is 27.0. The Morgan fingerprint density at radius 1 is 1.00 bits per heavy atom. The summed E-state index contributed by atoms with van der Waals surface area (Å²) in [5, 5.41) is 6.01. The third-order valence-electron chi connectivity index (χ3n) is 5.37. The van der Waals surface area contributed by atoms with Crippen molar-refractivity contribution < 1.29 is 14.0 Å². The SMILES string of the molecule is CC(C)[C@H](NC(=O)C1CCN(C(=O)Nc2ccccc2)CC1)c1ccc(F)cc1. The number of carbonyl (C=O) groups excluding carboxylic acids is 2. The number of likely N-dealkylation sites (tertiary alicyclic amines) is 1. The van der Waals surface area contributed by atoms with E-state index in [9.17, 15) is 14.0 Å². The molecule has 1 aliphatic rings. The number of amides is 3. The number of carbonyl (C=O) groups is 2. The number of para-hydroxylation sites is 1. The summed E-state index contributed by atoms with van der Waals surface area (Å²) in [6, 6.07) is 15.3. The molecule has 3 amide bonds. The number of benzene rings is 2. The molecule has 1 aliphatic heterocycles. The lowest BCUT2D eigenvalue weighted by atomic mass is 9.92. The van der Waals surface area contributed by atoms with E-state index in [1.165, 1.54) is 12.1 Å². The first-order valence-electron chi connectivity index (χ1n) is 10.1. The number of anilines is 1. The monoisotopic (exact) mass is 397 g/mol. The van der Waals surface area contributed by atoms with Crippen LogP contribution in [0.25, 0.3) is 0 Å². The Bertz CT molecular complexity index is 816. The zero-order valence-corrected chi connectivity index (χ0v) is 16.9. The van der Waals surface area contributed by atoms with E-state index in [1.54, 1.807) is 17.0 Å². The normalized spacial score (nSPS) is 15.8. The van der Waals surface area contributed by atoms with Gasteiger partial charge in [0.05, 0.1) is 6.04 Å². The maximum absolute atomic E-state index is 13.2. The number of hydrogen-bond acceptors (Lipinski definition) is 2. The van der Waals surface area contributed by atoms with Crippen LogP contribution in [-0.4, -0.2) is 29.9 Å². The fourth-order valence-corrected chi connectivity index (χ4v) is 3.64. The lowest BCUT2D eigenvalue weighted by Gasteiger charge is -2.33. The number of nitrogens with one attached hydrogen (secondary N) is 2. The molecule has 2 aromatic rings. The average Bonchev–Trinajstić information content (AvgIpc) is 2.73. The third kappa shape index (κ3) is 5.56. The molecule has 0 radical (unpaired) electrons. The largest absolute Gasteiger partial charge is 0.349 e. The summed E-state index contributed by atoms with van der Waals surface area (Å²) >= 11 is 0. The van der Waals surface area contributed by atoms with Crippen LogP contribution in [0, 0.1) is 17.7 Å². The van der Waals surface area contributed by atoms with Crippen molar-refractivity contribution in [3.05, 3.63) is 66.0 Å². The van der Waals surface area contributed by atoms with Crippen LogP contribution in [-0.2, 0) is 4.79 Å². The van der Waals surface area contributed by atoms with Gasteiger partial charge in [-0.15, -0.1) is 0 Å². The molecule has 1 saturated heterocycles. The van der Waals surface area contributed by atoms with Gasteiger partial charge in [0.15, 0.2) is 0 Å². The van der Waals surface area contributed by atoms with Gasteiger partial charge in [-0.1, -0.05) is 44.2 Å². The molecule has 2 N–H and O–H groups in total. The molecule has 29 heavy (non-hydrogen) atoms. The van der Waals surface area contributed by atoms with Gasteiger partial charge in [0.25, 0.3) is 0 Å². The van der Waals surface area contributed by atoms with Crippen molar-refractivity contribution in [2.24, 2.45) is 11.8 Å². The number of urea groups is 1. The summed E-state index contributed by atoms with van der Waals surface area (Å²) in [6.45, 7) is 5.15. The quantitative estimate of drug-likeness (QED) is 0.776. The minimum atomic E-state index is -0.288. The summed E-state index contributed by atoms with van der Waals surface area (Å²) in [6.07, 6.45) is 1.25. The number of piperidine rings is 1. The molecule has 0 bridgehead atoms. The van der Waals surface area contributed by atoms with Crippen molar-refractivity contribution in [3.8, 4) is 0 Å². The van der Waals surface area contributed by atoms with Gasteiger partial charge in [-0.3, -0.25) is 4.79 Å². The highest BCUT2D eigenvalue weighted by Crippen LogP contribution is 2.25. The van der Waals surface area contributed by atoms with Crippen LogP contribution in [0.2, 0.25) is 0 Å². The summed E-state index contributed by atoms with van der Waals surface area (Å²) < 4.78 is 13.2. The van der Waals surface area contributed by atoms with Gasteiger partial charge in [0.2, 0.25) is 5.91 Å². The molecule has 154 valence electrons. The van der Waals surface area contributed by atoms with Crippen LogP contribution >= 0.6 is 0 Å². The standard InChI is InChI=1S/C23H28FN3O2/c1-16(2)21(17-8-10-19(24)11-9-17)26-22(28)18-12-14-27(15-13-18)23(29)25-20-6-4-3-5-7-20/h3-11,16,18,21H,12-15H2,1-2H3,(H,25,29)(H,26,28)/t21-/m0/s1. The molecule has 0 unspecified atom stereocenters. The highest BCUT2D eigenvalue weighted by molar-refractivity contribution is 5.89. The predicted molar refractivity (Wildman–Crippen MR) is 112 cm³/mol. The molecule has 1 fully saturated rings. The molecule has 0 aliphatic carbocycles. The van der Waals surface area contributed by atoms with Gasteiger partial charge in [-0.25, -0.2) is 9.18 Å². The Morgan fingerprint density at radius 2 is 1.62 bits per heavy atom. The Hall–Kier alpha value is -2.89. The van der Waals surface area contributed by atoms with Gasteiger partial charge in [0.1, 0.15) is 5.82 Å². The summed E-state index contributed by atoms with van der Waals surface area (Å²) in [7, 11) is 0. The molecule has 5 nitrogen and oxygen atoms in total. The van der Waals surface area contributed by atoms with Crippen LogP contribution in [0.3, 0.4) is 0 Å². The fourth-order valence-electron chi connectivity index (χ4n) is 3.64. The van der Waals surface area contributed by atoms with Crippen molar-refractivity contribution in [3.63, 3.8) is 0 Å². The lowest BCUT2D eigenvalue weighted by molar-refractivity contribution is -0.127. The van der Waals surface area contributed by atoms with Crippen molar-refractivity contribution in [2.75, 3.05) is 18.4 Å². The molecule has 3 rings (SSSR count). The molecule has 0 aromatic heterocycles. The Labute approximate surface area is 171 Å². The molecule has 6 heteroatoms. The zero-order valence-electron chi connectivity index (χ0n) is 16.9. The van der Waals surface area contributed by atoms with Crippen molar-refractivity contribution in [1.29, 1.82) is 0 Å². The van der Waals surface area contributed by atoms with Crippen LogP contribution in [0.15, 0.2) is 54.6 Å². The lowest BCUT2D eigenvalue weighted by Crippen LogP contribution is -2.45. The van der Waals surface area contributed by atoms with Crippen LogP contribution < -0.4 is 10.6 Å². The van der Waals surface area contributed by atoms with Crippen LogP contribution in [0.1, 0.15) is 38.3 Å². The molecule has 0 spiro atoms. The van der Waals surface area contributed by atoms with Crippen molar-refractivity contribution >= 4 is 17.6 Å². The molecule has 1 atom stereocenters. The fraction of sp³-hybridized carbons (Fsp3) is 0.391. The number of rotatable bonds is 5. The Balaban J connectivity index is 1.53. The Morgan fingerprint density at radius 3 is 2.21 bits per heavy atom. The smallest absolute Gasteiger partial charge is 0.321 e. The highest BCUT2D eigenvalue weighted by atomic mass is 19.1. The first-order chi connectivity index (χ1) is 13.9. The average molecular weight is 397 g/mol. The Kier molecular flexibility index (Phi) is 6.86. The summed E-state index contributed by atoms with van der Waals surface area (Å²) in [5.41, 5.74) is 1.66. The minimum Gasteiger partial charge on any atom is -0.349 e. The van der Waals surface area contributed by atoms with E-state index >= 15 is 0 Å². The van der Waals surface area contributed by atoms with E-state index in [0.29, 0.717) is 25.9 Å². The van der Waals surface area contributed by atoms with Crippen LogP contribution in [0.5, 0.6) is 0 Å². The maximum Gasteiger partial charge on any atom is 0.321 e. The van der Waals surface area contributed by atoms with E-state index in [0.717, 1.165) is 11.3 Å².